The number of hydrogen-bond acceptors (Lipinski definition) is 1. The fourth-order valence-electron chi connectivity index (χ4n) is 2.58. The van der Waals surface area contributed by atoms with Crippen molar-refractivity contribution in [2.45, 2.75) is 25.4 Å². The number of fused-ring (bicyclic) bond motifs is 3. The molecule has 0 heterocycles. The van der Waals surface area contributed by atoms with Crippen LogP contribution in [-0.4, -0.2) is 5.11 Å². The molecule has 2 aromatic rings. The first-order valence-corrected chi connectivity index (χ1v) is 5.55. The molecule has 1 aliphatic carbocycles. The molecule has 0 radical (unpaired) electrons. The summed E-state index contributed by atoms with van der Waals surface area (Å²) in [5, 5.41) is 12.5. The highest BCUT2D eigenvalue weighted by Crippen LogP contribution is 2.35. The lowest BCUT2D eigenvalue weighted by Gasteiger charge is -2.23. The third kappa shape index (κ3) is 1.35. The summed E-state index contributed by atoms with van der Waals surface area (Å²) in [5.41, 5.74) is 2.49. The molecule has 1 atom stereocenters. The molecule has 15 heavy (non-hydrogen) atoms. The Morgan fingerprint density at radius 3 is 2.87 bits per heavy atom. The van der Waals surface area contributed by atoms with Crippen LogP contribution in [0.3, 0.4) is 0 Å². The average molecular weight is 198 g/mol. The van der Waals surface area contributed by atoms with Gasteiger partial charge in [-0.2, -0.15) is 0 Å². The van der Waals surface area contributed by atoms with Gasteiger partial charge in [0.05, 0.1) is 6.10 Å². The van der Waals surface area contributed by atoms with E-state index in [9.17, 15) is 5.11 Å². The van der Waals surface area contributed by atoms with Crippen LogP contribution in [0.15, 0.2) is 36.4 Å². The van der Waals surface area contributed by atoms with E-state index in [2.05, 4.69) is 24.3 Å². The summed E-state index contributed by atoms with van der Waals surface area (Å²) in [7, 11) is 0. The van der Waals surface area contributed by atoms with E-state index in [1.165, 1.54) is 21.9 Å². The molecule has 1 heteroatoms. The molecule has 0 saturated heterocycles. The van der Waals surface area contributed by atoms with Gasteiger partial charge in [-0.15, -0.1) is 0 Å². The molecule has 0 bridgehead atoms. The molecule has 2 aromatic carbocycles. The first kappa shape index (κ1) is 8.93. The first-order valence-electron chi connectivity index (χ1n) is 5.55. The monoisotopic (exact) mass is 198 g/mol. The predicted molar refractivity (Wildman–Crippen MR) is 61.8 cm³/mol. The van der Waals surface area contributed by atoms with Crippen LogP contribution >= 0.6 is 0 Å². The third-order valence-corrected chi connectivity index (χ3v) is 3.32. The highest BCUT2D eigenvalue weighted by Gasteiger charge is 2.19. The molecule has 0 amide bonds. The number of aryl methyl sites for hydroxylation is 1. The first-order chi connectivity index (χ1) is 7.36. The van der Waals surface area contributed by atoms with Crippen molar-refractivity contribution >= 4 is 10.8 Å². The van der Waals surface area contributed by atoms with Gasteiger partial charge in [0.15, 0.2) is 0 Å². The van der Waals surface area contributed by atoms with Gasteiger partial charge in [0.25, 0.3) is 0 Å². The van der Waals surface area contributed by atoms with Gasteiger partial charge in [0.1, 0.15) is 0 Å². The van der Waals surface area contributed by atoms with E-state index in [-0.39, 0.29) is 6.10 Å². The summed E-state index contributed by atoms with van der Waals surface area (Å²) in [6, 6.07) is 12.6. The van der Waals surface area contributed by atoms with E-state index >= 15 is 0 Å². The zero-order chi connectivity index (χ0) is 10.3. The van der Waals surface area contributed by atoms with Gasteiger partial charge >= 0.3 is 0 Å². The lowest BCUT2D eigenvalue weighted by atomic mass is 9.86. The molecule has 0 aromatic heterocycles. The summed E-state index contributed by atoms with van der Waals surface area (Å²) in [5.74, 6) is 0. The number of benzene rings is 2. The maximum Gasteiger partial charge on any atom is 0.0798 e. The maximum atomic E-state index is 10.1. The minimum Gasteiger partial charge on any atom is -0.388 e. The van der Waals surface area contributed by atoms with Crippen molar-refractivity contribution in [3.05, 3.63) is 47.5 Å². The molecular weight excluding hydrogens is 184 g/mol. The van der Waals surface area contributed by atoms with E-state index in [0.717, 1.165) is 19.3 Å². The van der Waals surface area contributed by atoms with Crippen LogP contribution in [-0.2, 0) is 6.42 Å². The number of aliphatic hydroxyl groups excluding tert-OH is 1. The lowest BCUT2D eigenvalue weighted by molar-refractivity contribution is 0.158. The van der Waals surface area contributed by atoms with Crippen molar-refractivity contribution in [1.29, 1.82) is 0 Å². The Balaban J connectivity index is 2.35. The molecule has 1 nitrogen and oxygen atoms in total. The Labute approximate surface area is 89.4 Å². The quantitative estimate of drug-likeness (QED) is 0.689. The summed E-state index contributed by atoms with van der Waals surface area (Å²) >= 11 is 0. The van der Waals surface area contributed by atoms with Gasteiger partial charge in [0.2, 0.25) is 0 Å². The Kier molecular flexibility index (Phi) is 2.00. The van der Waals surface area contributed by atoms with E-state index in [4.69, 9.17) is 0 Å². The zero-order valence-corrected chi connectivity index (χ0v) is 8.61. The standard InChI is InChI=1S/C14H14O/c15-13-7-3-5-11-9-8-10-4-1-2-6-12(10)14(11)13/h1-2,4,6,8-9,13,15H,3,5,7H2/t13-/m1/s1. The molecule has 0 aliphatic heterocycles. The van der Waals surface area contributed by atoms with Gasteiger partial charge in [-0.05, 0) is 41.2 Å². The minimum absolute atomic E-state index is 0.264. The van der Waals surface area contributed by atoms with Crippen molar-refractivity contribution in [3.8, 4) is 0 Å². The van der Waals surface area contributed by atoms with Crippen LogP contribution in [0.2, 0.25) is 0 Å². The van der Waals surface area contributed by atoms with Crippen molar-refractivity contribution in [2.75, 3.05) is 0 Å². The molecule has 0 fully saturated rings. The van der Waals surface area contributed by atoms with Crippen LogP contribution < -0.4 is 0 Å². The molecule has 0 spiro atoms. The van der Waals surface area contributed by atoms with Gasteiger partial charge in [-0.25, -0.2) is 0 Å². The minimum atomic E-state index is -0.264. The molecular formula is C14H14O. The van der Waals surface area contributed by atoms with Gasteiger partial charge in [0, 0.05) is 0 Å². The average Bonchev–Trinajstić information content (AvgIpc) is 2.29. The van der Waals surface area contributed by atoms with Crippen molar-refractivity contribution in [1.82, 2.24) is 0 Å². The van der Waals surface area contributed by atoms with E-state index < -0.39 is 0 Å². The Morgan fingerprint density at radius 2 is 1.93 bits per heavy atom. The highest BCUT2D eigenvalue weighted by atomic mass is 16.3. The van der Waals surface area contributed by atoms with E-state index in [1.807, 2.05) is 12.1 Å². The largest absolute Gasteiger partial charge is 0.388 e. The predicted octanol–water partition coefficient (Wildman–Crippen LogP) is 3.21. The highest BCUT2D eigenvalue weighted by molar-refractivity contribution is 5.87. The van der Waals surface area contributed by atoms with Crippen molar-refractivity contribution in [3.63, 3.8) is 0 Å². The molecule has 1 aliphatic rings. The van der Waals surface area contributed by atoms with Crippen molar-refractivity contribution < 1.29 is 5.11 Å². The van der Waals surface area contributed by atoms with E-state index in [1.54, 1.807) is 0 Å². The smallest absolute Gasteiger partial charge is 0.0798 e. The lowest BCUT2D eigenvalue weighted by Crippen LogP contribution is -2.09. The normalized spacial score (nSPS) is 20.2. The SMILES string of the molecule is O[C@@H]1CCCc2ccc3ccccc3c21. The number of rotatable bonds is 0. The number of aliphatic hydroxyl groups is 1. The summed E-state index contributed by atoms with van der Waals surface area (Å²) < 4.78 is 0. The summed E-state index contributed by atoms with van der Waals surface area (Å²) in [4.78, 5) is 0. The Hall–Kier alpha value is -1.34. The van der Waals surface area contributed by atoms with Gasteiger partial charge in [-0.1, -0.05) is 36.4 Å². The van der Waals surface area contributed by atoms with Crippen LogP contribution in [0.1, 0.15) is 30.1 Å². The maximum absolute atomic E-state index is 10.1. The van der Waals surface area contributed by atoms with Crippen LogP contribution in [0.25, 0.3) is 10.8 Å². The zero-order valence-electron chi connectivity index (χ0n) is 8.61. The van der Waals surface area contributed by atoms with Crippen molar-refractivity contribution in [2.24, 2.45) is 0 Å². The van der Waals surface area contributed by atoms with E-state index in [0.29, 0.717) is 0 Å². The van der Waals surface area contributed by atoms with Gasteiger partial charge in [-0.3, -0.25) is 0 Å². The Bertz CT molecular complexity index is 502. The van der Waals surface area contributed by atoms with Crippen LogP contribution in [0.5, 0.6) is 0 Å². The second kappa shape index (κ2) is 3.35. The molecule has 1 N–H and O–H groups in total. The second-order valence-corrected chi connectivity index (χ2v) is 4.27. The summed E-state index contributed by atoms with van der Waals surface area (Å²) in [6.07, 6.45) is 2.85. The molecule has 0 saturated carbocycles. The second-order valence-electron chi connectivity index (χ2n) is 4.27. The fraction of sp³-hybridized carbons (Fsp3) is 0.286. The van der Waals surface area contributed by atoms with Gasteiger partial charge < -0.3 is 5.11 Å². The topological polar surface area (TPSA) is 20.2 Å². The van der Waals surface area contributed by atoms with Crippen LogP contribution in [0, 0.1) is 0 Å². The number of hydrogen-bond donors (Lipinski definition) is 1. The van der Waals surface area contributed by atoms with Crippen LogP contribution in [0.4, 0.5) is 0 Å². The Morgan fingerprint density at radius 1 is 1.07 bits per heavy atom. The molecule has 0 unspecified atom stereocenters. The molecule has 76 valence electrons. The fourth-order valence-corrected chi connectivity index (χ4v) is 2.58. The third-order valence-electron chi connectivity index (χ3n) is 3.32. The summed E-state index contributed by atoms with van der Waals surface area (Å²) in [6.45, 7) is 0. The molecule has 3 rings (SSSR count).